The molecule has 0 aliphatic carbocycles. The Balaban J connectivity index is 2.15. The van der Waals surface area contributed by atoms with Gasteiger partial charge in [0, 0.05) is 26.7 Å². The molecule has 0 amide bonds. The molecule has 0 fully saturated rings. The van der Waals surface area contributed by atoms with Gasteiger partial charge in [-0.05, 0) is 23.8 Å². The third-order valence-electron chi connectivity index (χ3n) is 2.86. The Morgan fingerprint density at radius 1 is 1.24 bits per heavy atom. The van der Waals surface area contributed by atoms with E-state index in [0.29, 0.717) is 12.4 Å². The van der Waals surface area contributed by atoms with Crippen molar-refractivity contribution in [1.82, 2.24) is 4.98 Å². The van der Waals surface area contributed by atoms with Gasteiger partial charge in [-0.25, -0.2) is 9.37 Å². The topological polar surface area (TPSA) is 71.3 Å². The van der Waals surface area contributed by atoms with Gasteiger partial charge in [0.1, 0.15) is 11.6 Å². The largest absolute Gasteiger partial charge is 0.366 e. The molecule has 0 unspecified atom stereocenters. The zero-order chi connectivity index (χ0) is 15.4. The summed E-state index contributed by atoms with van der Waals surface area (Å²) in [7, 11) is 3.39. The number of nitrogens with one attached hydrogen (secondary N) is 1. The van der Waals surface area contributed by atoms with Gasteiger partial charge in [-0.15, -0.1) is 0 Å². The molecule has 0 aliphatic heterocycles. The van der Waals surface area contributed by atoms with Crippen LogP contribution in [0.2, 0.25) is 0 Å². The molecular weight excluding hydrogens is 275 g/mol. The van der Waals surface area contributed by atoms with Crippen molar-refractivity contribution in [2.45, 2.75) is 6.54 Å². The Morgan fingerprint density at radius 3 is 2.48 bits per heavy atom. The van der Waals surface area contributed by atoms with E-state index in [1.807, 2.05) is 0 Å². The van der Waals surface area contributed by atoms with Gasteiger partial charge in [-0.3, -0.25) is 10.1 Å². The molecule has 1 aromatic carbocycles. The molecule has 110 valence electrons. The zero-order valence-corrected chi connectivity index (χ0v) is 11.7. The fourth-order valence-corrected chi connectivity index (χ4v) is 1.81. The van der Waals surface area contributed by atoms with Crippen LogP contribution in [0.3, 0.4) is 0 Å². The minimum Gasteiger partial charge on any atom is -0.366 e. The lowest BCUT2D eigenvalue weighted by molar-refractivity contribution is -0.384. The van der Waals surface area contributed by atoms with Gasteiger partial charge in [0.15, 0.2) is 0 Å². The number of aromatic nitrogens is 1. The van der Waals surface area contributed by atoms with Gasteiger partial charge < -0.3 is 10.2 Å². The van der Waals surface area contributed by atoms with E-state index < -0.39 is 4.92 Å². The number of hydrogen-bond donors (Lipinski definition) is 1. The molecule has 21 heavy (non-hydrogen) atoms. The maximum Gasteiger partial charge on any atom is 0.311 e. The highest BCUT2D eigenvalue weighted by molar-refractivity contribution is 5.61. The predicted octanol–water partition coefficient (Wildman–Crippen LogP) is 2.81. The summed E-state index contributed by atoms with van der Waals surface area (Å²) < 4.78 is 12.8. The van der Waals surface area contributed by atoms with Crippen LogP contribution in [0.25, 0.3) is 0 Å². The summed E-state index contributed by atoms with van der Waals surface area (Å²) in [5, 5.41) is 14.0. The van der Waals surface area contributed by atoms with E-state index in [1.54, 1.807) is 37.2 Å². The van der Waals surface area contributed by atoms with E-state index in [9.17, 15) is 14.5 Å². The van der Waals surface area contributed by atoms with Crippen LogP contribution in [-0.4, -0.2) is 24.0 Å². The Morgan fingerprint density at radius 2 is 1.90 bits per heavy atom. The van der Waals surface area contributed by atoms with E-state index in [0.717, 1.165) is 5.56 Å². The van der Waals surface area contributed by atoms with Gasteiger partial charge in [-0.2, -0.15) is 0 Å². The first kappa shape index (κ1) is 14.7. The summed E-state index contributed by atoms with van der Waals surface area (Å²) in [6, 6.07) is 9.06. The van der Waals surface area contributed by atoms with E-state index in [1.165, 1.54) is 18.2 Å². The van der Waals surface area contributed by atoms with Crippen molar-refractivity contribution in [2.24, 2.45) is 0 Å². The highest BCUT2D eigenvalue weighted by atomic mass is 19.1. The Kier molecular flexibility index (Phi) is 4.32. The van der Waals surface area contributed by atoms with E-state index in [-0.39, 0.29) is 17.3 Å². The molecule has 0 spiro atoms. The fraction of sp³-hybridized carbons (Fsp3) is 0.214. The second-order valence-electron chi connectivity index (χ2n) is 4.67. The van der Waals surface area contributed by atoms with Crippen LogP contribution in [-0.2, 0) is 6.54 Å². The molecule has 1 N–H and O–H groups in total. The number of benzene rings is 1. The van der Waals surface area contributed by atoms with Crippen LogP contribution in [0, 0.1) is 15.9 Å². The Hall–Kier alpha value is -2.70. The standard InChI is InChI=1S/C14H15FN4O2/c1-18(2)14-12(19(20)21)7-8-13(17-14)16-9-10-3-5-11(15)6-4-10/h3-8H,9H2,1-2H3,(H,16,17). The van der Waals surface area contributed by atoms with Gasteiger partial charge in [-0.1, -0.05) is 12.1 Å². The van der Waals surface area contributed by atoms with Gasteiger partial charge in [0.25, 0.3) is 0 Å². The third kappa shape index (κ3) is 3.65. The van der Waals surface area contributed by atoms with Crippen LogP contribution in [0.15, 0.2) is 36.4 Å². The first-order chi connectivity index (χ1) is 9.97. The first-order valence-corrected chi connectivity index (χ1v) is 6.28. The second kappa shape index (κ2) is 6.17. The van der Waals surface area contributed by atoms with E-state index in [4.69, 9.17) is 0 Å². The Labute approximate surface area is 121 Å². The fourth-order valence-electron chi connectivity index (χ4n) is 1.81. The molecule has 0 atom stereocenters. The molecule has 0 radical (unpaired) electrons. The number of halogens is 1. The lowest BCUT2D eigenvalue weighted by Gasteiger charge is -2.13. The summed E-state index contributed by atoms with van der Waals surface area (Å²) in [4.78, 5) is 16.3. The summed E-state index contributed by atoms with van der Waals surface area (Å²) in [5.74, 6) is 0.514. The molecule has 1 aromatic heterocycles. The Bertz CT molecular complexity index is 644. The maximum atomic E-state index is 12.8. The molecule has 0 saturated carbocycles. The highest BCUT2D eigenvalue weighted by Gasteiger charge is 2.17. The lowest BCUT2D eigenvalue weighted by Crippen LogP contribution is -2.14. The van der Waals surface area contributed by atoms with Crippen molar-refractivity contribution in [2.75, 3.05) is 24.3 Å². The van der Waals surface area contributed by atoms with Crippen LogP contribution in [0.5, 0.6) is 0 Å². The number of hydrogen-bond acceptors (Lipinski definition) is 5. The third-order valence-corrected chi connectivity index (χ3v) is 2.86. The van der Waals surface area contributed by atoms with Crippen molar-refractivity contribution < 1.29 is 9.31 Å². The van der Waals surface area contributed by atoms with Crippen LogP contribution in [0.1, 0.15) is 5.56 Å². The number of nitrogens with zero attached hydrogens (tertiary/aromatic N) is 3. The van der Waals surface area contributed by atoms with E-state index >= 15 is 0 Å². The predicted molar refractivity (Wildman–Crippen MR) is 78.9 cm³/mol. The average Bonchev–Trinajstić information content (AvgIpc) is 2.46. The summed E-state index contributed by atoms with van der Waals surface area (Å²) in [6.07, 6.45) is 0. The zero-order valence-electron chi connectivity index (χ0n) is 11.7. The minimum absolute atomic E-state index is 0.0488. The SMILES string of the molecule is CN(C)c1nc(NCc2ccc(F)cc2)ccc1[N+](=O)[O-]. The van der Waals surface area contributed by atoms with Crippen LogP contribution < -0.4 is 10.2 Å². The van der Waals surface area contributed by atoms with Crippen molar-refractivity contribution >= 4 is 17.3 Å². The van der Waals surface area contributed by atoms with Gasteiger partial charge >= 0.3 is 5.69 Å². The number of rotatable bonds is 5. The number of pyridine rings is 1. The molecule has 2 rings (SSSR count). The molecule has 6 nitrogen and oxygen atoms in total. The monoisotopic (exact) mass is 290 g/mol. The summed E-state index contributed by atoms with van der Waals surface area (Å²) in [5.41, 5.74) is 0.843. The average molecular weight is 290 g/mol. The highest BCUT2D eigenvalue weighted by Crippen LogP contribution is 2.26. The second-order valence-corrected chi connectivity index (χ2v) is 4.67. The summed E-state index contributed by atoms with van der Waals surface area (Å²) in [6.45, 7) is 0.456. The molecule has 0 saturated heterocycles. The first-order valence-electron chi connectivity index (χ1n) is 6.28. The van der Waals surface area contributed by atoms with Crippen molar-refractivity contribution in [3.63, 3.8) is 0 Å². The molecule has 0 bridgehead atoms. The van der Waals surface area contributed by atoms with Crippen molar-refractivity contribution in [3.8, 4) is 0 Å². The van der Waals surface area contributed by atoms with Gasteiger partial charge in [0.05, 0.1) is 4.92 Å². The van der Waals surface area contributed by atoms with Crippen LogP contribution >= 0.6 is 0 Å². The number of nitro groups is 1. The smallest absolute Gasteiger partial charge is 0.311 e. The summed E-state index contributed by atoms with van der Waals surface area (Å²) >= 11 is 0. The van der Waals surface area contributed by atoms with E-state index in [2.05, 4.69) is 10.3 Å². The molecule has 0 aliphatic rings. The minimum atomic E-state index is -0.466. The van der Waals surface area contributed by atoms with Crippen molar-refractivity contribution in [1.29, 1.82) is 0 Å². The quantitative estimate of drug-likeness (QED) is 0.677. The van der Waals surface area contributed by atoms with Crippen molar-refractivity contribution in [3.05, 3.63) is 57.9 Å². The van der Waals surface area contributed by atoms with Crippen LogP contribution in [0.4, 0.5) is 21.7 Å². The lowest BCUT2D eigenvalue weighted by atomic mass is 10.2. The molecule has 2 aromatic rings. The van der Waals surface area contributed by atoms with Gasteiger partial charge in [0.2, 0.25) is 5.82 Å². The molecular formula is C14H15FN4O2. The normalized spacial score (nSPS) is 10.2. The maximum absolute atomic E-state index is 12.8. The number of anilines is 2. The molecule has 1 heterocycles. The molecule has 7 heteroatoms.